The van der Waals surface area contributed by atoms with Gasteiger partial charge in [-0.15, -0.1) is 0 Å². The van der Waals surface area contributed by atoms with Crippen molar-refractivity contribution in [1.82, 2.24) is 10.3 Å². The normalized spacial score (nSPS) is 12.4. The van der Waals surface area contributed by atoms with Crippen molar-refractivity contribution in [2.75, 3.05) is 6.54 Å². The standard InChI is InChI=1S/C16H19FN2/c1-3-9-19-16(13-6-4-5-7-15(13)17)14-11-18-10-8-12(14)2/h4-8,10-11,16,19H,3,9H2,1-2H3. The number of halogens is 1. The molecule has 0 radical (unpaired) electrons. The van der Waals surface area contributed by atoms with E-state index in [1.807, 2.05) is 31.3 Å². The largest absolute Gasteiger partial charge is 0.306 e. The first-order valence-corrected chi connectivity index (χ1v) is 6.62. The Hall–Kier alpha value is -1.74. The second-order valence-electron chi connectivity index (χ2n) is 4.64. The molecule has 1 unspecified atom stereocenters. The molecule has 0 saturated heterocycles. The maximum atomic E-state index is 14.0. The highest BCUT2D eigenvalue weighted by molar-refractivity contribution is 5.35. The van der Waals surface area contributed by atoms with Crippen molar-refractivity contribution in [2.24, 2.45) is 0 Å². The smallest absolute Gasteiger partial charge is 0.128 e. The van der Waals surface area contributed by atoms with Gasteiger partial charge in [0.2, 0.25) is 0 Å². The van der Waals surface area contributed by atoms with Crippen LogP contribution in [0.1, 0.15) is 36.1 Å². The molecule has 1 aromatic heterocycles. The molecule has 1 N–H and O–H groups in total. The molecule has 0 aliphatic heterocycles. The topological polar surface area (TPSA) is 24.9 Å². The lowest BCUT2D eigenvalue weighted by molar-refractivity contribution is 0.544. The van der Waals surface area contributed by atoms with Gasteiger partial charge in [-0.2, -0.15) is 0 Å². The van der Waals surface area contributed by atoms with Gasteiger partial charge in [0.15, 0.2) is 0 Å². The fourth-order valence-corrected chi connectivity index (χ4v) is 2.16. The van der Waals surface area contributed by atoms with Crippen LogP contribution in [0.5, 0.6) is 0 Å². The number of hydrogen-bond donors (Lipinski definition) is 1. The van der Waals surface area contributed by atoms with Crippen LogP contribution in [0.25, 0.3) is 0 Å². The molecule has 0 aliphatic carbocycles. The molecule has 1 aromatic carbocycles. The molecule has 0 amide bonds. The lowest BCUT2D eigenvalue weighted by Gasteiger charge is -2.21. The van der Waals surface area contributed by atoms with Crippen LogP contribution in [-0.2, 0) is 0 Å². The SMILES string of the molecule is CCCNC(c1cnccc1C)c1ccccc1F. The van der Waals surface area contributed by atoms with Gasteiger partial charge in [-0.1, -0.05) is 25.1 Å². The van der Waals surface area contributed by atoms with E-state index in [9.17, 15) is 4.39 Å². The zero-order valence-electron chi connectivity index (χ0n) is 11.4. The summed E-state index contributed by atoms with van der Waals surface area (Å²) >= 11 is 0. The quantitative estimate of drug-likeness (QED) is 0.886. The first kappa shape index (κ1) is 13.7. The van der Waals surface area contributed by atoms with Crippen molar-refractivity contribution in [2.45, 2.75) is 26.3 Å². The Kier molecular flexibility index (Phi) is 4.63. The Morgan fingerprint density at radius 3 is 2.68 bits per heavy atom. The third-order valence-corrected chi connectivity index (χ3v) is 3.21. The fraction of sp³-hybridized carbons (Fsp3) is 0.312. The summed E-state index contributed by atoms with van der Waals surface area (Å²) in [5, 5.41) is 3.40. The summed E-state index contributed by atoms with van der Waals surface area (Å²) in [6, 6.07) is 8.72. The van der Waals surface area contributed by atoms with Crippen LogP contribution in [0, 0.1) is 12.7 Å². The molecule has 3 heteroatoms. The molecule has 1 heterocycles. The van der Waals surface area contributed by atoms with Gasteiger partial charge in [-0.25, -0.2) is 4.39 Å². The lowest BCUT2D eigenvalue weighted by atomic mass is 9.96. The summed E-state index contributed by atoms with van der Waals surface area (Å²) in [5.74, 6) is -0.181. The number of benzene rings is 1. The molecule has 2 rings (SSSR count). The third-order valence-electron chi connectivity index (χ3n) is 3.21. The van der Waals surface area contributed by atoms with Crippen LogP contribution in [0.15, 0.2) is 42.7 Å². The molecule has 0 saturated carbocycles. The van der Waals surface area contributed by atoms with Crippen LogP contribution >= 0.6 is 0 Å². The summed E-state index contributed by atoms with van der Waals surface area (Å²) in [5.41, 5.74) is 2.82. The average molecular weight is 258 g/mol. The Morgan fingerprint density at radius 2 is 2.00 bits per heavy atom. The third kappa shape index (κ3) is 3.18. The number of nitrogens with zero attached hydrogens (tertiary/aromatic N) is 1. The molecule has 2 nitrogen and oxygen atoms in total. The molecule has 0 fully saturated rings. The predicted molar refractivity (Wildman–Crippen MR) is 75.5 cm³/mol. The Bertz CT molecular complexity index is 494. The van der Waals surface area contributed by atoms with E-state index in [-0.39, 0.29) is 11.9 Å². The number of aromatic nitrogens is 1. The number of pyridine rings is 1. The highest BCUT2D eigenvalue weighted by Crippen LogP contribution is 2.26. The summed E-state index contributed by atoms with van der Waals surface area (Å²) < 4.78 is 14.0. The van der Waals surface area contributed by atoms with E-state index in [1.54, 1.807) is 12.3 Å². The van der Waals surface area contributed by atoms with Crippen LogP contribution < -0.4 is 5.32 Å². The minimum absolute atomic E-state index is 0.144. The second kappa shape index (κ2) is 6.43. The summed E-state index contributed by atoms with van der Waals surface area (Å²) in [6.07, 6.45) is 4.58. The van der Waals surface area contributed by atoms with E-state index in [0.29, 0.717) is 5.56 Å². The molecule has 0 bridgehead atoms. The van der Waals surface area contributed by atoms with E-state index in [1.165, 1.54) is 6.07 Å². The Labute approximate surface area is 113 Å². The highest BCUT2D eigenvalue weighted by atomic mass is 19.1. The number of aryl methyl sites for hydroxylation is 1. The highest BCUT2D eigenvalue weighted by Gasteiger charge is 2.18. The van der Waals surface area contributed by atoms with Crippen LogP contribution in [0.3, 0.4) is 0 Å². The van der Waals surface area contributed by atoms with E-state index < -0.39 is 0 Å². The van der Waals surface area contributed by atoms with Gasteiger partial charge in [-0.05, 0) is 43.1 Å². The van der Waals surface area contributed by atoms with Crippen molar-refractivity contribution in [3.8, 4) is 0 Å². The van der Waals surface area contributed by atoms with Crippen molar-refractivity contribution in [1.29, 1.82) is 0 Å². The fourth-order valence-electron chi connectivity index (χ4n) is 2.16. The number of nitrogens with one attached hydrogen (secondary N) is 1. The van der Waals surface area contributed by atoms with Gasteiger partial charge >= 0.3 is 0 Å². The monoisotopic (exact) mass is 258 g/mol. The average Bonchev–Trinajstić information content (AvgIpc) is 2.42. The predicted octanol–water partition coefficient (Wildman–Crippen LogP) is 3.62. The maximum absolute atomic E-state index is 14.0. The number of rotatable bonds is 5. The first-order valence-electron chi connectivity index (χ1n) is 6.62. The lowest BCUT2D eigenvalue weighted by Crippen LogP contribution is -2.25. The van der Waals surface area contributed by atoms with Crippen molar-refractivity contribution < 1.29 is 4.39 Å². The van der Waals surface area contributed by atoms with E-state index in [4.69, 9.17) is 0 Å². The summed E-state index contributed by atoms with van der Waals surface area (Å²) in [6.45, 7) is 4.97. The van der Waals surface area contributed by atoms with Crippen LogP contribution in [0.4, 0.5) is 4.39 Å². The summed E-state index contributed by atoms with van der Waals surface area (Å²) in [4.78, 5) is 4.17. The minimum atomic E-state index is -0.181. The zero-order valence-corrected chi connectivity index (χ0v) is 11.4. The van der Waals surface area contributed by atoms with Gasteiger partial charge in [0.05, 0.1) is 6.04 Å². The molecule has 100 valence electrons. The van der Waals surface area contributed by atoms with Crippen LogP contribution in [0.2, 0.25) is 0 Å². The molecular formula is C16H19FN2. The molecule has 1 atom stereocenters. The minimum Gasteiger partial charge on any atom is -0.306 e. The van der Waals surface area contributed by atoms with E-state index in [2.05, 4.69) is 17.2 Å². The van der Waals surface area contributed by atoms with Gasteiger partial charge in [0.1, 0.15) is 5.82 Å². The number of hydrogen-bond acceptors (Lipinski definition) is 2. The van der Waals surface area contributed by atoms with Gasteiger partial charge < -0.3 is 5.32 Å². The van der Waals surface area contributed by atoms with E-state index in [0.717, 1.165) is 24.1 Å². The zero-order chi connectivity index (χ0) is 13.7. The van der Waals surface area contributed by atoms with Crippen LogP contribution in [-0.4, -0.2) is 11.5 Å². The first-order chi connectivity index (χ1) is 9.24. The second-order valence-corrected chi connectivity index (χ2v) is 4.64. The van der Waals surface area contributed by atoms with Gasteiger partial charge in [0.25, 0.3) is 0 Å². The molecule has 2 aromatic rings. The Balaban J connectivity index is 2.42. The van der Waals surface area contributed by atoms with Crippen molar-refractivity contribution in [3.63, 3.8) is 0 Å². The van der Waals surface area contributed by atoms with Gasteiger partial charge in [0, 0.05) is 18.0 Å². The molecular weight excluding hydrogens is 239 g/mol. The molecule has 0 aliphatic rings. The molecule has 19 heavy (non-hydrogen) atoms. The maximum Gasteiger partial charge on any atom is 0.128 e. The van der Waals surface area contributed by atoms with Gasteiger partial charge in [-0.3, -0.25) is 4.98 Å². The van der Waals surface area contributed by atoms with Crippen molar-refractivity contribution in [3.05, 3.63) is 65.2 Å². The Morgan fingerprint density at radius 1 is 1.21 bits per heavy atom. The van der Waals surface area contributed by atoms with E-state index >= 15 is 0 Å². The van der Waals surface area contributed by atoms with Crippen molar-refractivity contribution >= 4 is 0 Å². The summed E-state index contributed by atoms with van der Waals surface area (Å²) in [7, 11) is 0. The molecule has 0 spiro atoms.